The Morgan fingerprint density at radius 3 is 2.96 bits per heavy atom. The fourth-order valence-corrected chi connectivity index (χ4v) is 4.11. The van der Waals surface area contributed by atoms with E-state index in [1.54, 1.807) is 22.7 Å². The van der Waals surface area contributed by atoms with Gasteiger partial charge in [-0.05, 0) is 13.0 Å². The lowest BCUT2D eigenvalue weighted by atomic mass is 10.1. The van der Waals surface area contributed by atoms with Crippen LogP contribution in [0, 0.1) is 6.92 Å². The average Bonchev–Trinajstić information content (AvgIpc) is 2.85. The zero-order valence-electron chi connectivity index (χ0n) is 12.5. The summed E-state index contributed by atoms with van der Waals surface area (Å²) in [5, 5.41) is 10.3. The third kappa shape index (κ3) is 3.05. The lowest BCUT2D eigenvalue weighted by Gasteiger charge is -2.34. The van der Waals surface area contributed by atoms with Crippen molar-refractivity contribution in [3.8, 4) is 0 Å². The second-order valence-electron chi connectivity index (χ2n) is 5.50. The van der Waals surface area contributed by atoms with E-state index in [1.807, 2.05) is 19.1 Å². The molecule has 0 radical (unpaired) electrons. The van der Waals surface area contributed by atoms with Gasteiger partial charge in [0.25, 0.3) is 5.91 Å². The maximum Gasteiger partial charge on any atom is 0.305 e. The van der Waals surface area contributed by atoms with Gasteiger partial charge in [0.05, 0.1) is 17.5 Å². The Bertz CT molecular complexity index is 773. The maximum atomic E-state index is 12.9. The van der Waals surface area contributed by atoms with Crippen LogP contribution < -0.4 is 0 Å². The second-order valence-corrected chi connectivity index (χ2v) is 7.05. The van der Waals surface area contributed by atoms with E-state index in [0.717, 1.165) is 16.7 Å². The lowest BCUT2D eigenvalue weighted by Crippen LogP contribution is -2.47. The van der Waals surface area contributed by atoms with E-state index >= 15 is 0 Å². The molecule has 2 aromatic rings. The Morgan fingerprint density at radius 2 is 2.26 bits per heavy atom. The van der Waals surface area contributed by atoms with Gasteiger partial charge < -0.3 is 14.4 Å². The maximum absolute atomic E-state index is 12.9. The number of carbonyl (C=O) groups excluding carboxylic acids is 1. The highest BCUT2D eigenvalue weighted by Gasteiger charge is 2.32. The van der Waals surface area contributed by atoms with Gasteiger partial charge in [0.1, 0.15) is 0 Å². The number of benzene rings is 1. The summed E-state index contributed by atoms with van der Waals surface area (Å²) in [5.74, 6) is 0.497. The Morgan fingerprint density at radius 1 is 1.48 bits per heavy atom. The summed E-state index contributed by atoms with van der Waals surface area (Å²) in [5.41, 5.74) is 1.23. The first-order chi connectivity index (χ1) is 11.0. The van der Waals surface area contributed by atoms with Crippen molar-refractivity contribution >= 4 is 46.2 Å². The molecule has 1 amide bonds. The van der Waals surface area contributed by atoms with Crippen LogP contribution >= 0.6 is 23.4 Å². The highest BCUT2D eigenvalue weighted by atomic mass is 35.5. The quantitative estimate of drug-likeness (QED) is 0.915. The fourth-order valence-electron chi connectivity index (χ4n) is 2.84. The zero-order valence-corrected chi connectivity index (χ0v) is 14.1. The largest absolute Gasteiger partial charge is 0.481 e. The number of para-hydroxylation sites is 1. The van der Waals surface area contributed by atoms with Gasteiger partial charge in [0, 0.05) is 29.0 Å². The Balaban J connectivity index is 1.97. The first-order valence-corrected chi connectivity index (χ1v) is 8.80. The van der Waals surface area contributed by atoms with Gasteiger partial charge in [-0.2, -0.15) is 11.8 Å². The molecule has 7 heteroatoms. The van der Waals surface area contributed by atoms with E-state index in [1.165, 1.54) is 0 Å². The molecule has 0 saturated carbocycles. The molecule has 1 saturated heterocycles. The number of carbonyl (C=O) groups is 2. The molecule has 0 bridgehead atoms. The minimum absolute atomic E-state index is 0.0568. The highest BCUT2D eigenvalue weighted by molar-refractivity contribution is 7.99. The molecule has 1 atom stereocenters. The molecular formula is C16H16ClNO4S. The molecule has 23 heavy (non-hydrogen) atoms. The molecule has 0 aliphatic carbocycles. The van der Waals surface area contributed by atoms with Gasteiger partial charge in [0.15, 0.2) is 11.3 Å². The van der Waals surface area contributed by atoms with Crippen LogP contribution in [0.2, 0.25) is 5.02 Å². The van der Waals surface area contributed by atoms with Crippen molar-refractivity contribution in [2.45, 2.75) is 19.4 Å². The van der Waals surface area contributed by atoms with Gasteiger partial charge in [-0.3, -0.25) is 9.59 Å². The summed E-state index contributed by atoms with van der Waals surface area (Å²) in [6.07, 6.45) is -0.0568. The highest BCUT2D eigenvalue weighted by Crippen LogP contribution is 2.32. The number of carboxylic acid groups (broad SMARTS) is 1. The predicted molar refractivity (Wildman–Crippen MR) is 90.4 cm³/mol. The van der Waals surface area contributed by atoms with Crippen LogP contribution in [0.25, 0.3) is 11.0 Å². The van der Waals surface area contributed by atoms with Gasteiger partial charge in [-0.15, -0.1) is 0 Å². The van der Waals surface area contributed by atoms with Crippen molar-refractivity contribution in [3.05, 3.63) is 34.5 Å². The van der Waals surface area contributed by atoms with Crippen molar-refractivity contribution in [3.63, 3.8) is 0 Å². The molecule has 1 aromatic carbocycles. The van der Waals surface area contributed by atoms with E-state index in [-0.39, 0.29) is 24.1 Å². The smallest absolute Gasteiger partial charge is 0.305 e. The van der Waals surface area contributed by atoms with Gasteiger partial charge in [-0.25, -0.2) is 0 Å². The van der Waals surface area contributed by atoms with E-state index in [2.05, 4.69) is 0 Å². The SMILES string of the molecule is Cc1c(C(=O)N2CCSC[C@H]2CC(=O)O)oc2c(Cl)cccc12. The van der Waals surface area contributed by atoms with Crippen LogP contribution in [0.4, 0.5) is 0 Å². The topological polar surface area (TPSA) is 70.8 Å². The first kappa shape index (κ1) is 16.2. The molecule has 2 heterocycles. The predicted octanol–water partition coefficient (Wildman–Crippen LogP) is 3.43. The number of aryl methyl sites for hydroxylation is 1. The summed E-state index contributed by atoms with van der Waals surface area (Å²) in [7, 11) is 0. The van der Waals surface area contributed by atoms with Crippen LogP contribution in [0.3, 0.4) is 0 Å². The summed E-state index contributed by atoms with van der Waals surface area (Å²) in [6, 6.07) is 5.07. The number of rotatable bonds is 3. The number of aliphatic carboxylic acids is 1. The molecule has 1 aliphatic heterocycles. The fraction of sp³-hybridized carbons (Fsp3) is 0.375. The van der Waals surface area contributed by atoms with Crippen LogP contribution in [-0.4, -0.2) is 46.0 Å². The molecule has 122 valence electrons. The third-order valence-corrected chi connectivity index (χ3v) is 5.40. The second kappa shape index (κ2) is 6.45. The molecule has 1 aliphatic rings. The Hall–Kier alpha value is -1.66. The number of hydrogen-bond acceptors (Lipinski definition) is 4. The van der Waals surface area contributed by atoms with E-state index in [4.69, 9.17) is 21.1 Å². The minimum Gasteiger partial charge on any atom is -0.481 e. The number of amides is 1. The number of fused-ring (bicyclic) bond motifs is 1. The van der Waals surface area contributed by atoms with Gasteiger partial charge in [0.2, 0.25) is 0 Å². The standard InChI is InChI=1S/C16H16ClNO4S/c1-9-11-3-2-4-12(17)15(11)22-14(9)16(21)18-5-6-23-8-10(18)7-13(19)20/h2-4,10H,5-8H2,1H3,(H,19,20)/t10-/m1/s1. The van der Waals surface area contributed by atoms with Crippen LogP contribution in [-0.2, 0) is 4.79 Å². The molecular weight excluding hydrogens is 338 g/mol. The number of furan rings is 1. The van der Waals surface area contributed by atoms with Crippen LogP contribution in [0.5, 0.6) is 0 Å². The Kier molecular flexibility index (Phi) is 4.55. The zero-order chi connectivity index (χ0) is 16.6. The number of carboxylic acids is 1. The van der Waals surface area contributed by atoms with Crippen molar-refractivity contribution < 1.29 is 19.1 Å². The Labute approximate surface area is 142 Å². The summed E-state index contributed by atoms with van der Waals surface area (Å²) in [4.78, 5) is 25.5. The van der Waals surface area contributed by atoms with E-state index in [9.17, 15) is 9.59 Å². The normalized spacial score (nSPS) is 18.3. The molecule has 0 unspecified atom stereocenters. The minimum atomic E-state index is -0.903. The molecule has 1 fully saturated rings. The summed E-state index contributed by atoms with van der Waals surface area (Å²) in [6.45, 7) is 2.34. The summed E-state index contributed by atoms with van der Waals surface area (Å²) < 4.78 is 5.72. The monoisotopic (exact) mass is 353 g/mol. The van der Waals surface area contributed by atoms with Crippen LogP contribution in [0.15, 0.2) is 22.6 Å². The van der Waals surface area contributed by atoms with Crippen molar-refractivity contribution in [2.24, 2.45) is 0 Å². The number of nitrogens with zero attached hydrogens (tertiary/aromatic N) is 1. The molecule has 3 rings (SSSR count). The lowest BCUT2D eigenvalue weighted by molar-refractivity contribution is -0.138. The first-order valence-electron chi connectivity index (χ1n) is 7.27. The molecule has 1 aromatic heterocycles. The number of halogens is 1. The molecule has 0 spiro atoms. The summed E-state index contributed by atoms with van der Waals surface area (Å²) >= 11 is 7.79. The number of thioether (sulfide) groups is 1. The van der Waals surface area contributed by atoms with Crippen molar-refractivity contribution in [2.75, 3.05) is 18.1 Å². The third-order valence-electron chi connectivity index (χ3n) is 4.01. The van der Waals surface area contributed by atoms with E-state index < -0.39 is 5.97 Å². The van der Waals surface area contributed by atoms with Crippen LogP contribution in [0.1, 0.15) is 22.5 Å². The van der Waals surface area contributed by atoms with Gasteiger partial charge >= 0.3 is 5.97 Å². The van der Waals surface area contributed by atoms with E-state index in [0.29, 0.717) is 22.9 Å². The molecule has 1 N–H and O–H groups in total. The number of hydrogen-bond donors (Lipinski definition) is 1. The van der Waals surface area contributed by atoms with Crippen molar-refractivity contribution in [1.29, 1.82) is 0 Å². The van der Waals surface area contributed by atoms with Gasteiger partial charge in [-0.1, -0.05) is 23.7 Å². The van der Waals surface area contributed by atoms with Crippen molar-refractivity contribution in [1.82, 2.24) is 4.90 Å². The average molecular weight is 354 g/mol. The molecule has 5 nitrogen and oxygen atoms in total.